The van der Waals surface area contributed by atoms with E-state index < -0.39 is 0 Å². The predicted molar refractivity (Wildman–Crippen MR) is 92.4 cm³/mol. The van der Waals surface area contributed by atoms with Crippen molar-refractivity contribution in [1.82, 2.24) is 19.8 Å². The SMILES string of the molecule is Cc1cc(C)n2ncc(C(=O)Nc3cc(-c4ccccc4)on3)c2n1. The Kier molecular flexibility index (Phi) is 3.53. The Bertz CT molecular complexity index is 1070. The van der Waals surface area contributed by atoms with Crippen molar-refractivity contribution in [2.75, 3.05) is 5.32 Å². The van der Waals surface area contributed by atoms with Gasteiger partial charge in [-0.1, -0.05) is 35.5 Å². The Hall–Kier alpha value is -3.48. The van der Waals surface area contributed by atoms with Crippen LogP contribution < -0.4 is 5.32 Å². The van der Waals surface area contributed by atoms with Gasteiger partial charge in [-0.3, -0.25) is 4.79 Å². The molecule has 0 fully saturated rings. The predicted octanol–water partition coefficient (Wildman–Crippen LogP) is 3.25. The Labute approximate surface area is 143 Å². The quantitative estimate of drug-likeness (QED) is 0.622. The molecule has 0 saturated carbocycles. The van der Waals surface area contributed by atoms with Crippen LogP contribution in [-0.4, -0.2) is 25.7 Å². The van der Waals surface area contributed by atoms with Crippen LogP contribution in [0.4, 0.5) is 5.82 Å². The molecule has 0 unspecified atom stereocenters. The van der Waals surface area contributed by atoms with E-state index in [4.69, 9.17) is 4.52 Å². The summed E-state index contributed by atoms with van der Waals surface area (Å²) in [4.78, 5) is 17.0. The third-order valence-corrected chi connectivity index (χ3v) is 3.83. The summed E-state index contributed by atoms with van der Waals surface area (Å²) in [6.07, 6.45) is 1.50. The van der Waals surface area contributed by atoms with Gasteiger partial charge in [-0.05, 0) is 19.9 Å². The first-order chi connectivity index (χ1) is 12.1. The van der Waals surface area contributed by atoms with Gasteiger partial charge in [0.1, 0.15) is 5.56 Å². The van der Waals surface area contributed by atoms with E-state index in [0.717, 1.165) is 17.0 Å². The molecule has 25 heavy (non-hydrogen) atoms. The molecule has 7 heteroatoms. The topological polar surface area (TPSA) is 85.3 Å². The second-order valence-electron chi connectivity index (χ2n) is 5.73. The van der Waals surface area contributed by atoms with Gasteiger partial charge in [-0.25, -0.2) is 9.50 Å². The maximum absolute atomic E-state index is 12.6. The minimum atomic E-state index is -0.333. The largest absolute Gasteiger partial charge is 0.354 e. The van der Waals surface area contributed by atoms with Crippen molar-refractivity contribution in [1.29, 1.82) is 0 Å². The maximum atomic E-state index is 12.6. The molecule has 1 N–H and O–H groups in total. The van der Waals surface area contributed by atoms with Crippen molar-refractivity contribution in [2.45, 2.75) is 13.8 Å². The summed E-state index contributed by atoms with van der Waals surface area (Å²) in [5.74, 6) is 0.591. The van der Waals surface area contributed by atoms with Crippen LogP contribution in [0.5, 0.6) is 0 Å². The van der Waals surface area contributed by atoms with Crippen molar-refractivity contribution in [3.63, 3.8) is 0 Å². The third kappa shape index (κ3) is 2.76. The first-order valence-electron chi connectivity index (χ1n) is 7.77. The summed E-state index contributed by atoms with van der Waals surface area (Å²) in [6, 6.07) is 13.1. The number of nitrogens with zero attached hydrogens (tertiary/aromatic N) is 4. The highest BCUT2D eigenvalue weighted by atomic mass is 16.5. The van der Waals surface area contributed by atoms with Gasteiger partial charge >= 0.3 is 0 Å². The third-order valence-electron chi connectivity index (χ3n) is 3.83. The molecule has 0 atom stereocenters. The molecule has 4 aromatic rings. The molecule has 3 heterocycles. The van der Waals surface area contributed by atoms with E-state index in [1.165, 1.54) is 6.20 Å². The summed E-state index contributed by atoms with van der Waals surface area (Å²) in [5, 5.41) is 10.9. The van der Waals surface area contributed by atoms with Gasteiger partial charge in [0.2, 0.25) is 0 Å². The lowest BCUT2D eigenvalue weighted by atomic mass is 10.2. The average Bonchev–Trinajstić information content (AvgIpc) is 3.22. The van der Waals surface area contributed by atoms with Gasteiger partial charge in [0.05, 0.1) is 6.20 Å². The molecule has 7 nitrogen and oxygen atoms in total. The van der Waals surface area contributed by atoms with Gasteiger partial charge in [0, 0.05) is 23.0 Å². The molecule has 4 rings (SSSR count). The maximum Gasteiger partial charge on any atom is 0.262 e. The zero-order valence-corrected chi connectivity index (χ0v) is 13.7. The van der Waals surface area contributed by atoms with Crippen LogP contribution in [0, 0.1) is 13.8 Å². The molecule has 1 amide bonds. The van der Waals surface area contributed by atoms with Crippen LogP contribution >= 0.6 is 0 Å². The molecule has 0 aliphatic heterocycles. The highest BCUT2D eigenvalue weighted by Crippen LogP contribution is 2.22. The zero-order chi connectivity index (χ0) is 17.4. The Morgan fingerprint density at radius 1 is 1.16 bits per heavy atom. The summed E-state index contributed by atoms with van der Waals surface area (Å²) < 4.78 is 6.93. The van der Waals surface area contributed by atoms with Crippen LogP contribution in [0.15, 0.2) is 53.2 Å². The number of carbonyl (C=O) groups excluding carboxylic acids is 1. The van der Waals surface area contributed by atoms with Crippen LogP contribution in [0.2, 0.25) is 0 Å². The lowest BCUT2D eigenvalue weighted by molar-refractivity contribution is 0.102. The molecule has 3 aromatic heterocycles. The molecule has 0 bridgehead atoms. The molecule has 124 valence electrons. The van der Waals surface area contributed by atoms with E-state index in [-0.39, 0.29) is 5.91 Å². The van der Waals surface area contributed by atoms with Crippen molar-refractivity contribution >= 4 is 17.4 Å². The van der Waals surface area contributed by atoms with E-state index in [1.807, 2.05) is 50.2 Å². The number of nitrogens with one attached hydrogen (secondary N) is 1. The van der Waals surface area contributed by atoms with Crippen LogP contribution in [0.1, 0.15) is 21.7 Å². The Morgan fingerprint density at radius 3 is 2.76 bits per heavy atom. The summed E-state index contributed by atoms with van der Waals surface area (Å²) >= 11 is 0. The average molecular weight is 333 g/mol. The fourth-order valence-corrected chi connectivity index (χ4v) is 2.69. The lowest BCUT2D eigenvalue weighted by Crippen LogP contribution is -2.12. The second kappa shape index (κ2) is 5.86. The van der Waals surface area contributed by atoms with E-state index in [1.54, 1.807) is 10.6 Å². The van der Waals surface area contributed by atoms with Gasteiger partial charge in [-0.2, -0.15) is 5.10 Å². The number of rotatable bonds is 3. The monoisotopic (exact) mass is 333 g/mol. The number of hydrogen-bond acceptors (Lipinski definition) is 5. The first kappa shape index (κ1) is 15.1. The summed E-state index contributed by atoms with van der Waals surface area (Å²) in [7, 11) is 0. The summed E-state index contributed by atoms with van der Waals surface area (Å²) in [6.45, 7) is 3.80. The van der Waals surface area contributed by atoms with Crippen molar-refractivity contribution in [2.24, 2.45) is 0 Å². The fourth-order valence-electron chi connectivity index (χ4n) is 2.69. The molecule has 1 aromatic carbocycles. The number of benzene rings is 1. The van der Waals surface area contributed by atoms with Crippen LogP contribution in [0.3, 0.4) is 0 Å². The smallest absolute Gasteiger partial charge is 0.262 e. The van der Waals surface area contributed by atoms with Crippen molar-refractivity contribution in [3.05, 3.63) is 65.6 Å². The minimum absolute atomic E-state index is 0.333. The van der Waals surface area contributed by atoms with Crippen molar-refractivity contribution < 1.29 is 9.32 Å². The zero-order valence-electron chi connectivity index (χ0n) is 13.7. The van der Waals surface area contributed by atoms with Crippen molar-refractivity contribution in [3.8, 4) is 11.3 Å². The van der Waals surface area contributed by atoms with E-state index in [0.29, 0.717) is 22.8 Å². The van der Waals surface area contributed by atoms with Crippen LogP contribution in [-0.2, 0) is 0 Å². The number of fused-ring (bicyclic) bond motifs is 1. The molecule has 0 spiro atoms. The minimum Gasteiger partial charge on any atom is -0.354 e. The first-order valence-corrected chi connectivity index (χ1v) is 7.77. The number of amides is 1. The highest BCUT2D eigenvalue weighted by Gasteiger charge is 2.17. The molecule has 0 aliphatic carbocycles. The highest BCUT2D eigenvalue weighted by molar-refractivity contribution is 6.07. The molecule has 0 aliphatic rings. The van der Waals surface area contributed by atoms with E-state index in [2.05, 4.69) is 20.6 Å². The van der Waals surface area contributed by atoms with E-state index in [9.17, 15) is 4.79 Å². The van der Waals surface area contributed by atoms with Gasteiger partial charge < -0.3 is 9.84 Å². The number of aryl methyl sites for hydroxylation is 2. The number of anilines is 1. The standard InChI is InChI=1S/C18H15N5O2/c1-11-8-12(2)23-17(20-11)14(10-19-23)18(24)21-16-9-15(25-22-16)13-6-4-3-5-7-13/h3-10H,1-2H3,(H,21,22,24). The van der Waals surface area contributed by atoms with E-state index >= 15 is 0 Å². The fraction of sp³-hybridized carbons (Fsp3) is 0.111. The lowest BCUT2D eigenvalue weighted by Gasteiger charge is -2.02. The van der Waals surface area contributed by atoms with Crippen LogP contribution in [0.25, 0.3) is 17.0 Å². The normalized spacial score (nSPS) is 11.0. The Morgan fingerprint density at radius 2 is 1.96 bits per heavy atom. The number of aromatic nitrogens is 4. The molecular formula is C18H15N5O2. The summed E-state index contributed by atoms with van der Waals surface area (Å²) in [5.41, 5.74) is 3.53. The van der Waals surface area contributed by atoms with Gasteiger partial charge in [0.15, 0.2) is 17.2 Å². The second-order valence-corrected chi connectivity index (χ2v) is 5.73. The number of carbonyl (C=O) groups is 1. The van der Waals surface area contributed by atoms with Gasteiger partial charge in [-0.15, -0.1) is 0 Å². The Balaban J connectivity index is 1.62. The molecule has 0 saturated heterocycles. The molecule has 0 radical (unpaired) electrons. The number of hydrogen-bond donors (Lipinski definition) is 1. The molecular weight excluding hydrogens is 318 g/mol. The van der Waals surface area contributed by atoms with Gasteiger partial charge in [0.25, 0.3) is 5.91 Å².